The van der Waals surface area contributed by atoms with Gasteiger partial charge < -0.3 is 10.2 Å². The third-order valence-corrected chi connectivity index (χ3v) is 1.58. The van der Waals surface area contributed by atoms with Gasteiger partial charge in [0.2, 0.25) is 5.91 Å². The Bertz CT molecular complexity index is 124. The summed E-state index contributed by atoms with van der Waals surface area (Å²) in [5, 5.41) is 3.07. The number of rotatable bonds is 0. The summed E-state index contributed by atoms with van der Waals surface area (Å²) in [4.78, 5) is 12.6. The highest BCUT2D eigenvalue weighted by molar-refractivity contribution is 5.78. The number of carbonyl (C=O) groups is 1. The van der Waals surface area contributed by atoms with Crippen LogP contribution in [0.1, 0.15) is 6.92 Å². The van der Waals surface area contributed by atoms with Gasteiger partial charge in [-0.15, -0.1) is 0 Å². The Morgan fingerprint density at radius 1 is 1.78 bits per heavy atom. The van der Waals surface area contributed by atoms with Crippen LogP contribution in [0.2, 0.25) is 0 Å². The molecule has 1 aliphatic heterocycles. The van der Waals surface area contributed by atoms with E-state index < -0.39 is 0 Å². The van der Waals surface area contributed by atoms with Gasteiger partial charge in [0, 0.05) is 19.6 Å². The first kappa shape index (κ1) is 6.55. The second-order valence-electron chi connectivity index (χ2n) is 2.56. The van der Waals surface area contributed by atoms with Gasteiger partial charge in [0.25, 0.3) is 0 Å². The Kier molecular flexibility index (Phi) is 1.71. The maximum absolute atomic E-state index is 10.8. The normalized spacial score (nSPS) is 28.9. The quantitative estimate of drug-likeness (QED) is 0.474. The average molecular weight is 128 g/mol. The van der Waals surface area contributed by atoms with Crippen molar-refractivity contribution in [1.82, 2.24) is 10.2 Å². The molecule has 0 saturated carbocycles. The Labute approximate surface area is 55.0 Å². The van der Waals surface area contributed by atoms with Crippen molar-refractivity contribution >= 4 is 5.91 Å². The third-order valence-electron chi connectivity index (χ3n) is 1.58. The van der Waals surface area contributed by atoms with Crippen LogP contribution < -0.4 is 5.32 Å². The summed E-state index contributed by atoms with van der Waals surface area (Å²) in [5.74, 6) is 0.188. The van der Waals surface area contributed by atoms with Crippen molar-refractivity contribution in [2.75, 3.05) is 20.1 Å². The van der Waals surface area contributed by atoms with Crippen LogP contribution in [-0.4, -0.2) is 37.0 Å². The number of likely N-dealkylation sites (N-methyl/N-ethyl adjacent to an activating group) is 1. The number of carbonyl (C=O) groups excluding carboxylic acids is 1. The number of hydrogen-bond donors (Lipinski definition) is 1. The predicted molar refractivity (Wildman–Crippen MR) is 35.1 cm³/mol. The van der Waals surface area contributed by atoms with Crippen LogP contribution in [0, 0.1) is 0 Å². The van der Waals surface area contributed by atoms with Crippen molar-refractivity contribution in [2.45, 2.75) is 13.0 Å². The molecule has 0 spiro atoms. The number of piperazine rings is 1. The predicted octanol–water partition coefficient (Wildman–Crippen LogP) is -0.563. The van der Waals surface area contributed by atoms with Crippen LogP contribution in [-0.2, 0) is 4.79 Å². The highest BCUT2D eigenvalue weighted by Crippen LogP contribution is 1.94. The first-order chi connectivity index (χ1) is 4.20. The molecule has 1 rings (SSSR count). The molecule has 3 nitrogen and oxygen atoms in total. The summed E-state index contributed by atoms with van der Waals surface area (Å²) in [5.41, 5.74) is 0. The minimum Gasteiger partial charge on any atom is -0.343 e. The first-order valence-corrected chi connectivity index (χ1v) is 3.17. The zero-order valence-corrected chi connectivity index (χ0v) is 5.85. The lowest BCUT2D eigenvalue weighted by molar-refractivity contribution is -0.131. The molecule has 1 N–H and O–H groups in total. The van der Waals surface area contributed by atoms with Crippen molar-refractivity contribution in [3.05, 3.63) is 0 Å². The molecule has 1 aliphatic rings. The summed E-state index contributed by atoms with van der Waals surface area (Å²) >= 11 is 0. The van der Waals surface area contributed by atoms with Gasteiger partial charge in [-0.1, -0.05) is 0 Å². The molecule has 0 aromatic rings. The zero-order valence-electron chi connectivity index (χ0n) is 5.85. The molecule has 1 saturated heterocycles. The van der Waals surface area contributed by atoms with Crippen molar-refractivity contribution in [3.63, 3.8) is 0 Å². The van der Waals surface area contributed by atoms with Crippen molar-refractivity contribution < 1.29 is 4.79 Å². The number of nitrogens with one attached hydrogen (secondary N) is 1. The van der Waals surface area contributed by atoms with Crippen LogP contribution in [0.15, 0.2) is 0 Å². The largest absolute Gasteiger partial charge is 0.343 e. The lowest BCUT2D eigenvalue weighted by atomic mass is 10.2. The Balaban J connectivity index is 2.44. The van der Waals surface area contributed by atoms with Gasteiger partial charge in [0.1, 0.15) is 0 Å². The minimum absolute atomic E-state index is 0.188. The van der Waals surface area contributed by atoms with E-state index >= 15 is 0 Å². The van der Waals surface area contributed by atoms with Crippen LogP contribution in [0.5, 0.6) is 0 Å². The van der Waals surface area contributed by atoms with Crippen molar-refractivity contribution in [1.29, 1.82) is 0 Å². The van der Waals surface area contributed by atoms with Gasteiger partial charge in [-0.25, -0.2) is 0 Å². The monoisotopic (exact) mass is 128 g/mol. The second kappa shape index (κ2) is 2.35. The molecule has 1 atom stereocenters. The molecule has 9 heavy (non-hydrogen) atoms. The number of amides is 1. The third kappa shape index (κ3) is 1.42. The summed E-state index contributed by atoms with van der Waals surface area (Å²) in [6.45, 7) is 3.40. The van der Waals surface area contributed by atoms with E-state index in [1.165, 1.54) is 0 Å². The number of nitrogens with zero attached hydrogens (tertiary/aromatic N) is 1. The van der Waals surface area contributed by atoms with Gasteiger partial charge in [0.05, 0.1) is 6.54 Å². The average Bonchev–Trinajstić information content (AvgIpc) is 1.80. The first-order valence-electron chi connectivity index (χ1n) is 3.17. The summed E-state index contributed by atoms with van der Waals surface area (Å²) < 4.78 is 0. The fourth-order valence-corrected chi connectivity index (χ4v) is 0.974. The molecule has 0 bridgehead atoms. The molecule has 0 aromatic heterocycles. The van der Waals surface area contributed by atoms with E-state index in [1.54, 1.807) is 4.90 Å². The summed E-state index contributed by atoms with van der Waals surface area (Å²) in [6.07, 6.45) is 0. The van der Waals surface area contributed by atoms with E-state index in [-0.39, 0.29) is 5.91 Å². The Morgan fingerprint density at radius 2 is 2.44 bits per heavy atom. The topological polar surface area (TPSA) is 32.3 Å². The van der Waals surface area contributed by atoms with Gasteiger partial charge in [-0.05, 0) is 6.92 Å². The second-order valence-corrected chi connectivity index (χ2v) is 2.56. The minimum atomic E-state index is 0.188. The van der Waals surface area contributed by atoms with Gasteiger partial charge in [-0.3, -0.25) is 4.79 Å². The fourth-order valence-electron chi connectivity index (χ4n) is 0.974. The van der Waals surface area contributed by atoms with Gasteiger partial charge in [0.15, 0.2) is 0 Å². The summed E-state index contributed by atoms with van der Waals surface area (Å²) in [6, 6.07) is 0.452. The molecule has 1 heterocycles. The highest BCUT2D eigenvalue weighted by Gasteiger charge is 2.17. The van der Waals surface area contributed by atoms with Crippen molar-refractivity contribution in [3.8, 4) is 0 Å². The molecule has 0 aromatic carbocycles. The molecular formula is C6H12N2O. The lowest BCUT2D eigenvalue weighted by Gasteiger charge is -2.28. The molecule has 1 fully saturated rings. The summed E-state index contributed by atoms with van der Waals surface area (Å²) in [7, 11) is 1.83. The van der Waals surface area contributed by atoms with Gasteiger partial charge >= 0.3 is 0 Å². The van der Waals surface area contributed by atoms with E-state index in [4.69, 9.17) is 0 Å². The SMILES string of the molecule is CC1CN(C)C(=O)CN1. The maximum atomic E-state index is 10.8. The molecule has 0 radical (unpaired) electrons. The van der Waals surface area contributed by atoms with Crippen LogP contribution in [0.3, 0.4) is 0 Å². The molecule has 1 unspecified atom stereocenters. The molecule has 3 heteroatoms. The van der Waals surface area contributed by atoms with E-state index in [1.807, 2.05) is 7.05 Å². The Morgan fingerprint density at radius 3 is 2.89 bits per heavy atom. The van der Waals surface area contributed by atoms with Gasteiger partial charge in [-0.2, -0.15) is 0 Å². The molecular weight excluding hydrogens is 116 g/mol. The van der Waals surface area contributed by atoms with E-state index in [0.717, 1.165) is 6.54 Å². The van der Waals surface area contributed by atoms with Crippen LogP contribution in [0.25, 0.3) is 0 Å². The van der Waals surface area contributed by atoms with Crippen LogP contribution >= 0.6 is 0 Å². The van der Waals surface area contributed by atoms with Crippen LogP contribution in [0.4, 0.5) is 0 Å². The molecule has 52 valence electrons. The van der Waals surface area contributed by atoms with E-state index in [2.05, 4.69) is 12.2 Å². The Hall–Kier alpha value is -0.570. The number of hydrogen-bond acceptors (Lipinski definition) is 2. The van der Waals surface area contributed by atoms with E-state index in [0.29, 0.717) is 12.6 Å². The highest BCUT2D eigenvalue weighted by atomic mass is 16.2. The zero-order chi connectivity index (χ0) is 6.85. The maximum Gasteiger partial charge on any atom is 0.236 e. The van der Waals surface area contributed by atoms with Crippen molar-refractivity contribution in [2.24, 2.45) is 0 Å². The van der Waals surface area contributed by atoms with E-state index in [9.17, 15) is 4.79 Å². The fraction of sp³-hybridized carbons (Fsp3) is 0.833. The standard InChI is InChI=1S/C6H12N2O/c1-5-4-8(2)6(9)3-7-5/h5,7H,3-4H2,1-2H3. The lowest BCUT2D eigenvalue weighted by Crippen LogP contribution is -2.51. The molecule has 0 aliphatic carbocycles. The molecule has 1 amide bonds. The smallest absolute Gasteiger partial charge is 0.236 e.